The third kappa shape index (κ3) is 3.39. The van der Waals surface area contributed by atoms with E-state index in [1.165, 1.54) is 7.11 Å². The third-order valence-electron chi connectivity index (χ3n) is 4.34. The lowest BCUT2D eigenvalue weighted by Gasteiger charge is -2.33. The second kappa shape index (κ2) is 7.55. The van der Waals surface area contributed by atoms with Crippen molar-refractivity contribution >= 4 is 5.91 Å². The molecule has 0 radical (unpaired) electrons. The molecule has 0 spiro atoms. The van der Waals surface area contributed by atoms with Crippen molar-refractivity contribution in [2.45, 2.75) is 6.04 Å². The molecule has 1 atom stereocenters. The normalized spacial score (nSPS) is 16.9. The minimum absolute atomic E-state index is 0.209. The van der Waals surface area contributed by atoms with Crippen LogP contribution in [-0.4, -0.2) is 52.8 Å². The summed E-state index contributed by atoms with van der Waals surface area (Å²) in [5.41, 5.74) is 1.21. The molecule has 3 heterocycles. The van der Waals surface area contributed by atoms with Gasteiger partial charge in [0.15, 0.2) is 5.82 Å². The van der Waals surface area contributed by atoms with Gasteiger partial charge < -0.3 is 18.9 Å². The van der Waals surface area contributed by atoms with Crippen molar-refractivity contribution in [1.29, 1.82) is 0 Å². The number of hydrogen-bond acceptors (Lipinski definition) is 7. The first kappa shape index (κ1) is 17.2. The molecule has 1 amide bonds. The van der Waals surface area contributed by atoms with Crippen molar-refractivity contribution < 1.29 is 18.8 Å². The molecule has 0 unspecified atom stereocenters. The standard InChI is InChI=1S/C19H18N4O4/c1-25-18-14(8-5-9-20-18)19(24)23-10-11-26-12-15(23)16-21-17(27-22-16)13-6-3-2-4-7-13/h2-9,15H,10-12H2,1H3/t15-/m0/s1. The molecule has 2 aromatic heterocycles. The number of methoxy groups -OCH3 is 1. The van der Waals surface area contributed by atoms with Crippen LogP contribution in [0.3, 0.4) is 0 Å². The van der Waals surface area contributed by atoms with Gasteiger partial charge in [-0.2, -0.15) is 4.98 Å². The van der Waals surface area contributed by atoms with E-state index in [2.05, 4.69) is 15.1 Å². The van der Waals surface area contributed by atoms with E-state index < -0.39 is 6.04 Å². The van der Waals surface area contributed by atoms with Gasteiger partial charge in [0.05, 0.1) is 20.3 Å². The van der Waals surface area contributed by atoms with Gasteiger partial charge in [-0.3, -0.25) is 4.79 Å². The SMILES string of the molecule is COc1ncccc1C(=O)N1CCOC[C@H]1c1noc(-c2ccccc2)n1. The van der Waals surface area contributed by atoms with Crippen molar-refractivity contribution in [2.24, 2.45) is 0 Å². The lowest BCUT2D eigenvalue weighted by molar-refractivity contribution is -0.00594. The van der Waals surface area contributed by atoms with E-state index in [1.807, 2.05) is 30.3 Å². The van der Waals surface area contributed by atoms with Crippen LogP contribution in [-0.2, 0) is 4.74 Å². The second-order valence-corrected chi connectivity index (χ2v) is 5.97. The Bertz CT molecular complexity index is 928. The molecule has 1 fully saturated rings. The number of nitrogens with zero attached hydrogens (tertiary/aromatic N) is 4. The average molecular weight is 366 g/mol. The summed E-state index contributed by atoms with van der Waals surface area (Å²) in [4.78, 5) is 23.4. The highest BCUT2D eigenvalue weighted by Crippen LogP contribution is 2.28. The summed E-state index contributed by atoms with van der Waals surface area (Å²) in [5.74, 6) is 0.887. The first-order valence-electron chi connectivity index (χ1n) is 8.54. The fraction of sp³-hybridized carbons (Fsp3) is 0.263. The van der Waals surface area contributed by atoms with Crippen LogP contribution in [0.25, 0.3) is 11.5 Å². The second-order valence-electron chi connectivity index (χ2n) is 5.97. The number of morpholine rings is 1. The average Bonchev–Trinajstić information content (AvgIpc) is 3.24. The summed E-state index contributed by atoms with van der Waals surface area (Å²) in [7, 11) is 1.49. The molecule has 3 aromatic rings. The zero-order chi connectivity index (χ0) is 18.6. The summed E-state index contributed by atoms with van der Waals surface area (Å²) in [6.45, 7) is 1.15. The topological polar surface area (TPSA) is 90.6 Å². The molecule has 1 aliphatic rings. The first-order chi connectivity index (χ1) is 13.3. The lowest BCUT2D eigenvalue weighted by Crippen LogP contribution is -2.44. The Morgan fingerprint density at radius 1 is 1.22 bits per heavy atom. The summed E-state index contributed by atoms with van der Waals surface area (Å²) in [6.07, 6.45) is 1.58. The Kier molecular flexibility index (Phi) is 4.80. The third-order valence-corrected chi connectivity index (χ3v) is 4.34. The number of carbonyl (C=O) groups is 1. The smallest absolute Gasteiger partial charge is 0.260 e. The van der Waals surface area contributed by atoms with E-state index in [0.717, 1.165) is 5.56 Å². The highest BCUT2D eigenvalue weighted by molar-refractivity contribution is 5.96. The summed E-state index contributed by atoms with van der Waals surface area (Å²) < 4.78 is 16.2. The molecule has 8 heteroatoms. The van der Waals surface area contributed by atoms with Crippen molar-refractivity contribution in [2.75, 3.05) is 26.9 Å². The lowest BCUT2D eigenvalue weighted by atomic mass is 10.1. The van der Waals surface area contributed by atoms with Crippen LogP contribution >= 0.6 is 0 Å². The Morgan fingerprint density at radius 2 is 2.07 bits per heavy atom. The summed E-state index contributed by atoms with van der Waals surface area (Å²) in [5, 5.41) is 4.08. The number of carbonyl (C=O) groups excluding carboxylic acids is 1. The number of aromatic nitrogens is 3. The van der Waals surface area contributed by atoms with E-state index in [-0.39, 0.29) is 11.8 Å². The predicted octanol–water partition coefficient (Wildman–Crippen LogP) is 2.35. The first-order valence-corrected chi connectivity index (χ1v) is 8.54. The van der Waals surface area contributed by atoms with E-state index in [1.54, 1.807) is 23.2 Å². The molecule has 0 saturated carbocycles. The molecular formula is C19H18N4O4. The van der Waals surface area contributed by atoms with E-state index in [0.29, 0.717) is 37.0 Å². The zero-order valence-corrected chi connectivity index (χ0v) is 14.7. The predicted molar refractivity (Wildman–Crippen MR) is 95.1 cm³/mol. The van der Waals surface area contributed by atoms with Gasteiger partial charge in [-0.1, -0.05) is 23.4 Å². The number of ether oxygens (including phenoxy) is 2. The monoisotopic (exact) mass is 366 g/mol. The van der Waals surface area contributed by atoms with E-state index in [4.69, 9.17) is 14.0 Å². The van der Waals surface area contributed by atoms with Crippen LogP contribution in [0.15, 0.2) is 53.2 Å². The number of pyridine rings is 1. The van der Waals surface area contributed by atoms with Crippen LogP contribution < -0.4 is 4.74 Å². The van der Waals surface area contributed by atoms with Gasteiger partial charge in [0, 0.05) is 18.3 Å². The fourth-order valence-electron chi connectivity index (χ4n) is 3.00. The van der Waals surface area contributed by atoms with Crippen molar-refractivity contribution in [3.05, 3.63) is 60.0 Å². The molecule has 0 N–H and O–H groups in total. The maximum absolute atomic E-state index is 13.1. The molecule has 8 nitrogen and oxygen atoms in total. The quantitative estimate of drug-likeness (QED) is 0.700. The number of amides is 1. The van der Waals surface area contributed by atoms with E-state index in [9.17, 15) is 4.79 Å². The van der Waals surface area contributed by atoms with Gasteiger partial charge in [-0.05, 0) is 24.3 Å². The van der Waals surface area contributed by atoms with Crippen LogP contribution in [0.1, 0.15) is 22.2 Å². The Balaban J connectivity index is 1.63. The maximum Gasteiger partial charge on any atom is 0.260 e. The highest BCUT2D eigenvalue weighted by Gasteiger charge is 2.34. The number of rotatable bonds is 4. The number of hydrogen-bond donors (Lipinski definition) is 0. The van der Waals surface area contributed by atoms with Gasteiger partial charge in [0.1, 0.15) is 11.6 Å². The van der Waals surface area contributed by atoms with Crippen LogP contribution in [0, 0.1) is 0 Å². The van der Waals surface area contributed by atoms with Gasteiger partial charge in [-0.15, -0.1) is 0 Å². The molecule has 4 rings (SSSR count). The largest absolute Gasteiger partial charge is 0.480 e. The molecule has 0 aliphatic carbocycles. The minimum atomic E-state index is -0.447. The molecular weight excluding hydrogens is 348 g/mol. The Morgan fingerprint density at radius 3 is 2.89 bits per heavy atom. The van der Waals surface area contributed by atoms with Crippen molar-refractivity contribution in [1.82, 2.24) is 20.0 Å². The van der Waals surface area contributed by atoms with Gasteiger partial charge in [-0.25, -0.2) is 4.98 Å². The van der Waals surface area contributed by atoms with Crippen molar-refractivity contribution in [3.8, 4) is 17.3 Å². The molecule has 1 aromatic carbocycles. The minimum Gasteiger partial charge on any atom is -0.480 e. The van der Waals surface area contributed by atoms with Gasteiger partial charge in [0.25, 0.3) is 11.8 Å². The maximum atomic E-state index is 13.1. The fourth-order valence-corrected chi connectivity index (χ4v) is 3.00. The van der Waals surface area contributed by atoms with Gasteiger partial charge in [0.2, 0.25) is 5.88 Å². The Labute approximate surface area is 155 Å². The molecule has 1 aliphatic heterocycles. The highest BCUT2D eigenvalue weighted by atomic mass is 16.5. The van der Waals surface area contributed by atoms with Crippen molar-refractivity contribution in [3.63, 3.8) is 0 Å². The van der Waals surface area contributed by atoms with Gasteiger partial charge >= 0.3 is 0 Å². The summed E-state index contributed by atoms with van der Waals surface area (Å²) in [6, 6.07) is 12.4. The molecule has 1 saturated heterocycles. The zero-order valence-electron chi connectivity index (χ0n) is 14.7. The molecule has 138 valence electrons. The van der Waals surface area contributed by atoms with Crippen LogP contribution in [0.2, 0.25) is 0 Å². The Hall–Kier alpha value is -3.26. The molecule has 27 heavy (non-hydrogen) atoms. The summed E-state index contributed by atoms with van der Waals surface area (Å²) >= 11 is 0. The van der Waals surface area contributed by atoms with Crippen LogP contribution in [0.4, 0.5) is 0 Å². The molecule has 0 bridgehead atoms. The van der Waals surface area contributed by atoms with Crippen LogP contribution in [0.5, 0.6) is 5.88 Å². The van der Waals surface area contributed by atoms with E-state index >= 15 is 0 Å². The number of benzene rings is 1.